The Kier molecular flexibility index (Phi) is 3.33. The Labute approximate surface area is 156 Å². The first-order valence-corrected chi connectivity index (χ1v) is 8.86. The lowest BCUT2D eigenvalue weighted by molar-refractivity contribution is 0.890. The summed E-state index contributed by atoms with van der Waals surface area (Å²) < 4.78 is 3.87. The van der Waals surface area contributed by atoms with Gasteiger partial charge in [-0.15, -0.1) is 10.2 Å². The summed E-state index contributed by atoms with van der Waals surface area (Å²) in [6.45, 7) is 6.09. The van der Waals surface area contributed by atoms with Crippen LogP contribution < -0.4 is 0 Å². The maximum absolute atomic E-state index is 4.92. The zero-order valence-electron chi connectivity index (χ0n) is 15.4. The molecule has 0 atom stereocenters. The van der Waals surface area contributed by atoms with Gasteiger partial charge in [0.25, 0.3) is 0 Å². The maximum atomic E-state index is 4.92. The van der Waals surface area contributed by atoms with Crippen molar-refractivity contribution in [1.82, 2.24) is 19.3 Å². The van der Waals surface area contributed by atoms with Gasteiger partial charge in [-0.3, -0.25) is 0 Å². The molecule has 0 spiro atoms. The number of rotatable bonds is 2. The summed E-state index contributed by atoms with van der Waals surface area (Å²) in [5.41, 5.74) is 5.98. The number of fused-ring (bicyclic) bond motifs is 2. The van der Waals surface area contributed by atoms with Gasteiger partial charge < -0.3 is 4.40 Å². The Morgan fingerprint density at radius 1 is 0.889 bits per heavy atom. The molecule has 0 N–H and O–H groups in total. The van der Waals surface area contributed by atoms with Crippen molar-refractivity contribution in [2.75, 3.05) is 0 Å². The summed E-state index contributed by atoms with van der Waals surface area (Å²) in [6, 6.07) is 16.4. The van der Waals surface area contributed by atoms with Gasteiger partial charge >= 0.3 is 0 Å². The predicted octanol–water partition coefficient (Wildman–Crippen LogP) is 4.17. The monoisotopic (exact) mass is 354 g/mol. The Bertz CT molecular complexity index is 1250. The molecule has 0 saturated carbocycles. The van der Waals surface area contributed by atoms with Crippen LogP contribution in [0.2, 0.25) is 0 Å². The van der Waals surface area contributed by atoms with Crippen molar-refractivity contribution in [2.45, 2.75) is 20.8 Å². The highest BCUT2D eigenvalue weighted by molar-refractivity contribution is 6.48. The first-order chi connectivity index (χ1) is 13.1. The van der Waals surface area contributed by atoms with Crippen molar-refractivity contribution < 1.29 is 0 Å². The predicted molar refractivity (Wildman–Crippen MR) is 107 cm³/mol. The van der Waals surface area contributed by atoms with Gasteiger partial charge in [-0.2, -0.15) is 9.78 Å². The number of hydrogen-bond donors (Lipinski definition) is 0. The average Bonchev–Trinajstić information content (AvgIpc) is 3.28. The molecule has 4 aromatic rings. The van der Waals surface area contributed by atoms with Gasteiger partial charge in [-0.25, -0.2) is 4.99 Å². The van der Waals surface area contributed by atoms with Crippen molar-refractivity contribution in [1.29, 1.82) is 0 Å². The van der Waals surface area contributed by atoms with E-state index in [4.69, 9.17) is 4.99 Å². The molecule has 27 heavy (non-hydrogen) atoms. The van der Waals surface area contributed by atoms with Crippen LogP contribution in [-0.2, 0) is 0 Å². The van der Waals surface area contributed by atoms with E-state index in [1.54, 1.807) is 4.68 Å². The molecule has 0 fully saturated rings. The largest absolute Gasteiger partial charge is 0.302 e. The van der Waals surface area contributed by atoms with E-state index in [1.807, 2.05) is 37.4 Å². The summed E-state index contributed by atoms with van der Waals surface area (Å²) in [5, 5.41) is 13.4. The van der Waals surface area contributed by atoms with Crippen molar-refractivity contribution in [3.05, 3.63) is 71.7 Å². The van der Waals surface area contributed by atoms with E-state index in [2.05, 4.69) is 57.8 Å². The topological polar surface area (TPSA) is 59.8 Å². The van der Waals surface area contributed by atoms with E-state index in [0.29, 0.717) is 5.82 Å². The molecule has 0 amide bonds. The van der Waals surface area contributed by atoms with Crippen molar-refractivity contribution in [3.63, 3.8) is 0 Å². The number of pyridine rings is 1. The summed E-state index contributed by atoms with van der Waals surface area (Å²) in [6.07, 6.45) is 2.02. The van der Waals surface area contributed by atoms with E-state index < -0.39 is 0 Å². The van der Waals surface area contributed by atoms with Gasteiger partial charge in [0, 0.05) is 17.3 Å². The lowest BCUT2D eigenvalue weighted by Gasteiger charge is -2.01. The normalized spacial score (nSPS) is 14.8. The van der Waals surface area contributed by atoms with Crippen LogP contribution >= 0.6 is 0 Å². The lowest BCUT2D eigenvalue weighted by atomic mass is 10.1. The van der Waals surface area contributed by atoms with Crippen LogP contribution in [0.15, 0.2) is 64.8 Å². The molecule has 0 radical (unpaired) electrons. The second kappa shape index (κ2) is 5.74. The van der Waals surface area contributed by atoms with Gasteiger partial charge in [-0.05, 0) is 50.6 Å². The number of aryl methyl sites for hydroxylation is 2. The highest BCUT2D eigenvalue weighted by Gasteiger charge is 2.27. The SMILES string of the molecule is CC1=Nn2c(nnc2-c2cccc(C)c2)C1=Nc1c(C)cc2ccccn12. The smallest absolute Gasteiger partial charge is 0.205 e. The van der Waals surface area contributed by atoms with Crippen LogP contribution in [0.4, 0.5) is 5.82 Å². The Morgan fingerprint density at radius 2 is 1.74 bits per heavy atom. The molecule has 0 unspecified atom stereocenters. The molecule has 0 saturated heterocycles. The van der Waals surface area contributed by atoms with Crippen molar-refractivity contribution in [2.24, 2.45) is 10.1 Å². The Morgan fingerprint density at radius 3 is 2.59 bits per heavy atom. The highest BCUT2D eigenvalue weighted by atomic mass is 15.5. The van der Waals surface area contributed by atoms with Crippen LogP contribution in [0.3, 0.4) is 0 Å². The quantitative estimate of drug-likeness (QED) is 0.542. The highest BCUT2D eigenvalue weighted by Crippen LogP contribution is 2.27. The van der Waals surface area contributed by atoms with Crippen LogP contribution in [0.25, 0.3) is 16.9 Å². The van der Waals surface area contributed by atoms with Gasteiger partial charge in [0.05, 0.1) is 5.71 Å². The summed E-state index contributed by atoms with van der Waals surface area (Å²) in [5.74, 6) is 2.30. The third-order valence-electron chi connectivity index (χ3n) is 4.78. The molecule has 1 aromatic carbocycles. The van der Waals surface area contributed by atoms with Gasteiger partial charge in [0.1, 0.15) is 11.5 Å². The number of nitrogens with zero attached hydrogens (tertiary/aromatic N) is 6. The number of hydrogen-bond acceptors (Lipinski definition) is 4. The van der Waals surface area contributed by atoms with Gasteiger partial charge in [0.15, 0.2) is 5.82 Å². The second-order valence-corrected chi connectivity index (χ2v) is 6.82. The molecule has 6 heteroatoms. The number of benzene rings is 1. The number of aliphatic imine (C=N–C) groups is 1. The third-order valence-corrected chi connectivity index (χ3v) is 4.78. The number of aromatic nitrogens is 4. The fourth-order valence-corrected chi connectivity index (χ4v) is 3.47. The van der Waals surface area contributed by atoms with Crippen LogP contribution in [0, 0.1) is 13.8 Å². The third kappa shape index (κ3) is 2.41. The molecule has 0 bridgehead atoms. The summed E-state index contributed by atoms with van der Waals surface area (Å²) in [4.78, 5) is 4.92. The van der Waals surface area contributed by atoms with E-state index >= 15 is 0 Å². The lowest BCUT2D eigenvalue weighted by Crippen LogP contribution is -2.09. The van der Waals surface area contributed by atoms with E-state index in [1.165, 1.54) is 5.56 Å². The van der Waals surface area contributed by atoms with Crippen molar-refractivity contribution >= 4 is 22.8 Å². The molecule has 3 aromatic heterocycles. The Balaban J connectivity index is 1.66. The minimum absolute atomic E-state index is 0.675. The Hall–Kier alpha value is -3.54. The molecular weight excluding hydrogens is 336 g/mol. The molecule has 6 nitrogen and oxygen atoms in total. The first-order valence-electron chi connectivity index (χ1n) is 8.86. The zero-order chi connectivity index (χ0) is 18.5. The molecular formula is C21H18N6. The van der Waals surface area contributed by atoms with E-state index in [0.717, 1.165) is 39.7 Å². The fourth-order valence-electron chi connectivity index (χ4n) is 3.47. The zero-order valence-corrected chi connectivity index (χ0v) is 15.4. The average molecular weight is 354 g/mol. The van der Waals surface area contributed by atoms with Crippen LogP contribution in [-0.4, -0.2) is 30.7 Å². The van der Waals surface area contributed by atoms with Crippen LogP contribution in [0.1, 0.15) is 23.9 Å². The molecule has 4 heterocycles. The molecule has 0 aliphatic carbocycles. The second-order valence-electron chi connectivity index (χ2n) is 6.82. The minimum atomic E-state index is 0.675. The van der Waals surface area contributed by atoms with Gasteiger partial charge in [-0.1, -0.05) is 29.8 Å². The summed E-state index contributed by atoms with van der Waals surface area (Å²) in [7, 11) is 0. The van der Waals surface area contributed by atoms with E-state index in [9.17, 15) is 0 Å². The minimum Gasteiger partial charge on any atom is -0.302 e. The summed E-state index contributed by atoms with van der Waals surface area (Å²) >= 11 is 0. The molecule has 5 rings (SSSR count). The fraction of sp³-hybridized carbons (Fsp3) is 0.143. The van der Waals surface area contributed by atoms with Crippen molar-refractivity contribution in [3.8, 4) is 11.4 Å². The standard InChI is InChI=1S/C21H18N6/c1-13-7-6-8-16(11-13)20-23-24-21-18(15(3)25-27(20)21)22-19-14(2)12-17-9-4-5-10-26(17)19/h4-12H,1-3H3. The first kappa shape index (κ1) is 15.7. The maximum Gasteiger partial charge on any atom is 0.205 e. The molecule has 1 aliphatic rings. The van der Waals surface area contributed by atoms with E-state index in [-0.39, 0.29) is 0 Å². The molecule has 1 aliphatic heterocycles. The molecule has 132 valence electrons. The van der Waals surface area contributed by atoms with Gasteiger partial charge in [0.2, 0.25) is 5.82 Å². The van der Waals surface area contributed by atoms with Crippen LogP contribution in [0.5, 0.6) is 0 Å².